The number of benzene rings is 10. The van der Waals surface area contributed by atoms with E-state index < -0.39 is 0 Å². The third-order valence-electron chi connectivity index (χ3n) is 12.3. The van der Waals surface area contributed by atoms with Crippen LogP contribution in [0.15, 0.2) is 231 Å². The molecule has 0 saturated heterocycles. The quantitative estimate of drug-likeness (QED) is 0.148. The van der Waals surface area contributed by atoms with Gasteiger partial charge in [-0.15, -0.1) is 0 Å². The second-order valence-corrected chi connectivity index (χ2v) is 16.9. The first-order chi connectivity index (χ1) is 31.3. The van der Waals surface area contributed by atoms with Crippen LogP contribution in [-0.4, -0.2) is 0 Å². The first kappa shape index (κ1) is 41.6. The molecule has 1 nitrogen and oxygen atoms in total. The zero-order valence-corrected chi connectivity index (χ0v) is 37.4. The Kier molecular flexibility index (Phi) is 12.2. The highest BCUT2D eigenvalue weighted by molar-refractivity contribution is 5.97. The summed E-state index contributed by atoms with van der Waals surface area (Å²) in [5.74, 6) is 0. The summed E-state index contributed by atoms with van der Waals surface area (Å²) in [7, 11) is 0. The molecule has 0 fully saturated rings. The van der Waals surface area contributed by atoms with Crippen LogP contribution in [0.5, 0.6) is 0 Å². The van der Waals surface area contributed by atoms with E-state index >= 15 is 0 Å². The Morgan fingerprint density at radius 3 is 1.31 bits per heavy atom. The minimum Gasteiger partial charge on any atom is -0.311 e. The largest absolute Gasteiger partial charge is 0.311 e. The fourth-order valence-corrected chi connectivity index (χ4v) is 8.92. The van der Waals surface area contributed by atoms with Crippen LogP contribution in [0.25, 0.3) is 66.4 Å². The molecule has 0 amide bonds. The number of fused-ring (bicyclic) bond motifs is 1. The van der Waals surface area contributed by atoms with Crippen LogP contribution in [0.2, 0.25) is 0 Å². The summed E-state index contributed by atoms with van der Waals surface area (Å²) in [6.07, 6.45) is 0. The highest BCUT2D eigenvalue weighted by Crippen LogP contribution is 2.40. The molecule has 0 aliphatic heterocycles. The van der Waals surface area contributed by atoms with E-state index in [0.717, 1.165) is 17.1 Å². The topological polar surface area (TPSA) is 3.24 Å². The highest BCUT2D eigenvalue weighted by atomic mass is 15.1. The van der Waals surface area contributed by atoms with Gasteiger partial charge in [-0.1, -0.05) is 193 Å². The fourth-order valence-electron chi connectivity index (χ4n) is 8.92. The van der Waals surface area contributed by atoms with Crippen LogP contribution in [-0.2, 0) is 0 Å². The molecule has 0 atom stereocenters. The van der Waals surface area contributed by atoms with Crippen LogP contribution in [0.4, 0.5) is 17.1 Å². The molecule has 10 aromatic rings. The Hall–Kier alpha value is -7.74. The lowest BCUT2D eigenvalue weighted by molar-refractivity contribution is 1.28. The molecule has 0 radical (unpaired) electrons. The van der Waals surface area contributed by atoms with Gasteiger partial charge < -0.3 is 4.90 Å². The van der Waals surface area contributed by atoms with Gasteiger partial charge in [-0.2, -0.15) is 0 Å². The van der Waals surface area contributed by atoms with Crippen molar-refractivity contribution in [2.24, 2.45) is 0 Å². The molecule has 0 aliphatic rings. The highest BCUT2D eigenvalue weighted by Gasteiger charge is 2.16. The summed E-state index contributed by atoms with van der Waals surface area (Å²) in [6.45, 7) is 10.9. The Bertz CT molecular complexity index is 3160. The third kappa shape index (κ3) is 9.07. The predicted octanol–water partition coefficient (Wildman–Crippen LogP) is 17.9. The standard InChI is InChI=1S/C56H45N.C7H8/c1-38-20-33-52(39(2)34-38)56-37-55(40(3)35-41(56)4)46-25-31-51(32-26-46)57(50-29-23-45(24-30-50)54-19-11-15-44-14-8-9-18-53(44)54)49-27-21-43(22-28-49)48-17-10-16-47(36-48)42-12-6-5-7-13-42;1-7-5-3-2-4-6-7/h5-37H,1-4H3;2-6H,1H3. The molecule has 0 bridgehead atoms. The van der Waals surface area contributed by atoms with Crippen LogP contribution in [0, 0.1) is 34.6 Å². The van der Waals surface area contributed by atoms with E-state index in [-0.39, 0.29) is 0 Å². The molecule has 0 N–H and O–H groups in total. The maximum absolute atomic E-state index is 2.38. The van der Waals surface area contributed by atoms with Gasteiger partial charge in [0, 0.05) is 17.1 Å². The lowest BCUT2D eigenvalue weighted by atomic mass is 9.89. The van der Waals surface area contributed by atoms with Gasteiger partial charge in [-0.05, 0) is 166 Å². The van der Waals surface area contributed by atoms with Crippen LogP contribution in [0.1, 0.15) is 27.8 Å². The molecule has 0 spiro atoms. The maximum Gasteiger partial charge on any atom is 0.0462 e. The summed E-state index contributed by atoms with van der Waals surface area (Å²) in [5.41, 5.74) is 22.1. The Labute approximate surface area is 379 Å². The second-order valence-electron chi connectivity index (χ2n) is 16.9. The van der Waals surface area contributed by atoms with E-state index in [0.29, 0.717) is 0 Å². The molecule has 0 aromatic heterocycles. The SMILES string of the molecule is Cc1ccc(-c2cc(-c3ccc(N(c4ccc(-c5cccc(-c6ccccc6)c5)cc4)c4ccc(-c5cccc6ccccc56)cc4)cc3)c(C)cc2C)c(C)c1.Cc1ccccc1. The molecule has 64 heavy (non-hydrogen) atoms. The smallest absolute Gasteiger partial charge is 0.0462 e. The molecule has 0 heterocycles. The lowest BCUT2D eigenvalue weighted by Crippen LogP contribution is -2.09. The molecule has 1 heteroatoms. The summed E-state index contributed by atoms with van der Waals surface area (Å²) < 4.78 is 0. The van der Waals surface area contributed by atoms with Gasteiger partial charge in [-0.25, -0.2) is 0 Å². The van der Waals surface area contributed by atoms with E-state index in [2.05, 4.69) is 252 Å². The third-order valence-corrected chi connectivity index (χ3v) is 12.3. The van der Waals surface area contributed by atoms with Gasteiger partial charge in [0.25, 0.3) is 0 Å². The van der Waals surface area contributed by atoms with Gasteiger partial charge >= 0.3 is 0 Å². The summed E-state index contributed by atoms with van der Waals surface area (Å²) in [5, 5.41) is 2.51. The number of rotatable bonds is 8. The summed E-state index contributed by atoms with van der Waals surface area (Å²) >= 11 is 0. The van der Waals surface area contributed by atoms with E-state index in [9.17, 15) is 0 Å². The van der Waals surface area contributed by atoms with Crippen molar-refractivity contribution in [3.8, 4) is 55.6 Å². The second kappa shape index (κ2) is 18.7. The average molecular weight is 824 g/mol. The zero-order chi connectivity index (χ0) is 44.0. The molecule has 10 aromatic carbocycles. The molecule has 310 valence electrons. The molecule has 0 unspecified atom stereocenters. The first-order valence-electron chi connectivity index (χ1n) is 22.2. The lowest BCUT2D eigenvalue weighted by Gasteiger charge is -2.26. The number of anilines is 3. The fraction of sp³-hybridized carbons (Fsp3) is 0.0794. The zero-order valence-electron chi connectivity index (χ0n) is 37.4. The summed E-state index contributed by atoms with van der Waals surface area (Å²) in [4.78, 5) is 2.37. The molecule has 0 saturated carbocycles. The van der Waals surface area contributed by atoms with Crippen molar-refractivity contribution in [3.63, 3.8) is 0 Å². The van der Waals surface area contributed by atoms with Crippen molar-refractivity contribution in [1.29, 1.82) is 0 Å². The van der Waals surface area contributed by atoms with E-state index in [1.165, 1.54) is 94.2 Å². The van der Waals surface area contributed by atoms with Crippen molar-refractivity contribution in [1.82, 2.24) is 0 Å². The van der Waals surface area contributed by atoms with E-state index in [1.807, 2.05) is 18.2 Å². The average Bonchev–Trinajstić information content (AvgIpc) is 3.33. The van der Waals surface area contributed by atoms with Crippen molar-refractivity contribution >= 4 is 27.8 Å². The molecule has 10 rings (SSSR count). The Morgan fingerprint density at radius 1 is 0.250 bits per heavy atom. The molecular weight excluding hydrogens is 771 g/mol. The predicted molar refractivity (Wildman–Crippen MR) is 276 cm³/mol. The van der Waals surface area contributed by atoms with Crippen LogP contribution in [0.3, 0.4) is 0 Å². The van der Waals surface area contributed by atoms with Gasteiger partial charge in [0.05, 0.1) is 0 Å². The normalized spacial score (nSPS) is 10.9. The summed E-state index contributed by atoms with van der Waals surface area (Å²) in [6, 6.07) is 83.4. The first-order valence-corrected chi connectivity index (χ1v) is 22.2. The number of nitrogens with zero attached hydrogens (tertiary/aromatic N) is 1. The van der Waals surface area contributed by atoms with Crippen LogP contribution >= 0.6 is 0 Å². The van der Waals surface area contributed by atoms with E-state index in [4.69, 9.17) is 0 Å². The van der Waals surface area contributed by atoms with Crippen molar-refractivity contribution in [3.05, 3.63) is 258 Å². The van der Waals surface area contributed by atoms with Gasteiger partial charge in [0.1, 0.15) is 0 Å². The minimum absolute atomic E-state index is 1.10. The van der Waals surface area contributed by atoms with Gasteiger partial charge in [0.15, 0.2) is 0 Å². The maximum atomic E-state index is 2.38. The van der Waals surface area contributed by atoms with Crippen molar-refractivity contribution < 1.29 is 0 Å². The number of aryl methyl sites for hydroxylation is 5. The molecule has 0 aliphatic carbocycles. The Morgan fingerprint density at radius 2 is 0.719 bits per heavy atom. The van der Waals surface area contributed by atoms with Crippen LogP contribution < -0.4 is 4.90 Å². The minimum atomic E-state index is 1.10. The monoisotopic (exact) mass is 823 g/mol. The van der Waals surface area contributed by atoms with Gasteiger partial charge in [0.2, 0.25) is 0 Å². The van der Waals surface area contributed by atoms with E-state index in [1.54, 1.807) is 0 Å². The number of hydrogen-bond acceptors (Lipinski definition) is 1. The number of hydrogen-bond donors (Lipinski definition) is 0. The van der Waals surface area contributed by atoms with Gasteiger partial charge in [-0.3, -0.25) is 0 Å². The van der Waals surface area contributed by atoms with Crippen molar-refractivity contribution in [2.45, 2.75) is 34.6 Å². The Balaban J connectivity index is 0.000000677. The van der Waals surface area contributed by atoms with Crippen molar-refractivity contribution in [2.75, 3.05) is 4.90 Å². The molecular formula is C63H53N.